The number of hydrogen-bond donors (Lipinski definition) is 3. The molecule has 0 radical (unpaired) electrons. The molecule has 2 rings (SSSR count). The van der Waals surface area contributed by atoms with Crippen molar-refractivity contribution in [1.29, 1.82) is 0 Å². The quantitative estimate of drug-likeness (QED) is 0.742. The SMILES string of the molecule is Cc1cc(C(=O)NCC2(C)CCNCC2)cc(S(N)(=O)=O)c1C.Cl. The van der Waals surface area contributed by atoms with E-state index in [9.17, 15) is 13.2 Å². The molecule has 1 aliphatic rings. The lowest BCUT2D eigenvalue weighted by molar-refractivity contribution is 0.0922. The maximum absolute atomic E-state index is 12.4. The van der Waals surface area contributed by atoms with Crippen LogP contribution in [0.4, 0.5) is 0 Å². The topological polar surface area (TPSA) is 101 Å². The highest BCUT2D eigenvalue weighted by Crippen LogP contribution is 2.27. The van der Waals surface area contributed by atoms with Crippen molar-refractivity contribution in [3.8, 4) is 0 Å². The van der Waals surface area contributed by atoms with Gasteiger partial charge in [-0.2, -0.15) is 0 Å². The van der Waals surface area contributed by atoms with E-state index in [1.54, 1.807) is 19.9 Å². The maximum Gasteiger partial charge on any atom is 0.251 e. The molecular formula is C16H26ClN3O3S. The van der Waals surface area contributed by atoms with Crippen molar-refractivity contribution in [3.05, 3.63) is 28.8 Å². The van der Waals surface area contributed by atoms with Crippen LogP contribution in [0.3, 0.4) is 0 Å². The molecule has 0 saturated carbocycles. The van der Waals surface area contributed by atoms with Crippen molar-refractivity contribution < 1.29 is 13.2 Å². The van der Waals surface area contributed by atoms with Crippen molar-refractivity contribution in [2.24, 2.45) is 10.6 Å². The summed E-state index contributed by atoms with van der Waals surface area (Å²) in [6.45, 7) is 8.09. The van der Waals surface area contributed by atoms with E-state index >= 15 is 0 Å². The number of benzene rings is 1. The minimum atomic E-state index is -3.85. The summed E-state index contributed by atoms with van der Waals surface area (Å²) in [5.41, 5.74) is 1.71. The lowest BCUT2D eigenvalue weighted by Gasteiger charge is -2.34. The molecule has 24 heavy (non-hydrogen) atoms. The zero-order chi connectivity index (χ0) is 17.3. The van der Waals surface area contributed by atoms with E-state index in [1.807, 2.05) is 0 Å². The number of rotatable bonds is 4. The van der Waals surface area contributed by atoms with Crippen LogP contribution in [-0.4, -0.2) is 34.0 Å². The first-order chi connectivity index (χ1) is 10.6. The van der Waals surface area contributed by atoms with Crippen LogP contribution in [0.25, 0.3) is 0 Å². The number of nitrogens with two attached hydrogens (primary N) is 1. The summed E-state index contributed by atoms with van der Waals surface area (Å²) in [5.74, 6) is -0.266. The maximum atomic E-state index is 12.4. The third-order valence-corrected chi connectivity index (χ3v) is 5.71. The van der Waals surface area contributed by atoms with Gasteiger partial charge in [-0.1, -0.05) is 6.92 Å². The fourth-order valence-electron chi connectivity index (χ4n) is 2.86. The van der Waals surface area contributed by atoms with Crippen LogP contribution in [0, 0.1) is 19.3 Å². The molecule has 1 amide bonds. The molecular weight excluding hydrogens is 350 g/mol. The summed E-state index contributed by atoms with van der Waals surface area (Å²) in [7, 11) is -3.85. The first kappa shape index (κ1) is 20.9. The number of piperidine rings is 1. The molecule has 1 aromatic carbocycles. The number of sulfonamides is 1. The zero-order valence-electron chi connectivity index (χ0n) is 14.3. The van der Waals surface area contributed by atoms with Gasteiger partial charge in [-0.3, -0.25) is 4.79 Å². The molecule has 1 fully saturated rings. The van der Waals surface area contributed by atoms with Crippen LogP contribution >= 0.6 is 12.4 Å². The van der Waals surface area contributed by atoms with E-state index in [2.05, 4.69) is 17.6 Å². The number of halogens is 1. The molecule has 0 atom stereocenters. The Kier molecular flexibility index (Phi) is 6.81. The summed E-state index contributed by atoms with van der Waals surface area (Å²) < 4.78 is 23.4. The third kappa shape index (κ3) is 4.92. The molecule has 1 saturated heterocycles. The number of amides is 1. The Labute approximate surface area is 150 Å². The largest absolute Gasteiger partial charge is 0.351 e. The molecule has 0 unspecified atom stereocenters. The van der Waals surface area contributed by atoms with E-state index in [4.69, 9.17) is 5.14 Å². The molecule has 4 N–H and O–H groups in total. The Morgan fingerprint density at radius 1 is 1.29 bits per heavy atom. The molecule has 0 aromatic heterocycles. The summed E-state index contributed by atoms with van der Waals surface area (Å²) in [5, 5.41) is 11.5. The second-order valence-corrected chi connectivity index (χ2v) is 8.23. The van der Waals surface area contributed by atoms with Crippen LogP contribution in [0.5, 0.6) is 0 Å². The highest BCUT2D eigenvalue weighted by Gasteiger charge is 2.27. The number of aryl methyl sites for hydroxylation is 1. The Morgan fingerprint density at radius 2 is 1.88 bits per heavy atom. The fourth-order valence-corrected chi connectivity index (χ4v) is 3.74. The van der Waals surface area contributed by atoms with Crippen molar-refractivity contribution in [1.82, 2.24) is 10.6 Å². The van der Waals surface area contributed by atoms with Crippen LogP contribution < -0.4 is 15.8 Å². The van der Waals surface area contributed by atoms with E-state index in [-0.39, 0.29) is 28.6 Å². The molecule has 1 aromatic rings. The Hall–Kier alpha value is -1.15. The number of carbonyl (C=O) groups excluding carboxylic acids is 1. The summed E-state index contributed by atoms with van der Waals surface area (Å²) in [6.07, 6.45) is 2.01. The van der Waals surface area contributed by atoms with Gasteiger partial charge in [-0.15, -0.1) is 12.4 Å². The van der Waals surface area contributed by atoms with Gasteiger partial charge in [0.15, 0.2) is 0 Å². The van der Waals surface area contributed by atoms with E-state index in [0.717, 1.165) is 31.5 Å². The second-order valence-electron chi connectivity index (χ2n) is 6.70. The van der Waals surface area contributed by atoms with Crippen molar-refractivity contribution in [2.75, 3.05) is 19.6 Å². The predicted molar refractivity (Wildman–Crippen MR) is 97.1 cm³/mol. The number of nitrogens with one attached hydrogen (secondary N) is 2. The van der Waals surface area contributed by atoms with Gasteiger partial charge in [0.25, 0.3) is 5.91 Å². The van der Waals surface area contributed by atoms with E-state index < -0.39 is 10.0 Å². The number of hydrogen-bond acceptors (Lipinski definition) is 4. The Morgan fingerprint density at radius 3 is 2.42 bits per heavy atom. The summed E-state index contributed by atoms with van der Waals surface area (Å²) in [4.78, 5) is 12.4. The number of carbonyl (C=O) groups is 1. The van der Waals surface area contributed by atoms with Gasteiger partial charge in [0.05, 0.1) is 4.90 Å². The van der Waals surface area contributed by atoms with Crippen molar-refractivity contribution in [2.45, 2.75) is 38.5 Å². The first-order valence-electron chi connectivity index (χ1n) is 7.75. The van der Waals surface area contributed by atoms with Crippen LogP contribution in [0.15, 0.2) is 17.0 Å². The lowest BCUT2D eigenvalue weighted by Crippen LogP contribution is -2.42. The van der Waals surface area contributed by atoms with Crippen LogP contribution in [-0.2, 0) is 10.0 Å². The van der Waals surface area contributed by atoms with Gasteiger partial charge in [-0.05, 0) is 68.5 Å². The standard InChI is InChI=1S/C16H25N3O3S.ClH/c1-11-8-13(9-14(12(11)2)23(17,21)22)15(20)19-10-16(3)4-6-18-7-5-16;/h8-9,18H,4-7,10H2,1-3H3,(H,19,20)(H2,17,21,22);1H. The average Bonchev–Trinajstić information content (AvgIpc) is 2.47. The molecule has 6 nitrogen and oxygen atoms in total. The smallest absolute Gasteiger partial charge is 0.251 e. The molecule has 0 bridgehead atoms. The van der Waals surface area contributed by atoms with E-state index in [1.165, 1.54) is 6.07 Å². The van der Waals surface area contributed by atoms with Crippen LogP contribution in [0.1, 0.15) is 41.3 Å². The fraction of sp³-hybridized carbons (Fsp3) is 0.562. The minimum Gasteiger partial charge on any atom is -0.351 e. The van der Waals surface area contributed by atoms with Gasteiger partial charge in [-0.25, -0.2) is 13.6 Å². The predicted octanol–water partition coefficient (Wildman–Crippen LogP) is 1.49. The van der Waals surface area contributed by atoms with Gasteiger partial charge in [0, 0.05) is 12.1 Å². The van der Waals surface area contributed by atoms with Crippen molar-refractivity contribution in [3.63, 3.8) is 0 Å². The molecule has 136 valence electrons. The summed E-state index contributed by atoms with van der Waals surface area (Å²) >= 11 is 0. The van der Waals surface area contributed by atoms with Gasteiger partial charge in [0.1, 0.15) is 0 Å². The highest BCUT2D eigenvalue weighted by atomic mass is 35.5. The van der Waals surface area contributed by atoms with Crippen LogP contribution in [0.2, 0.25) is 0 Å². The molecule has 1 aliphatic heterocycles. The second kappa shape index (κ2) is 7.82. The Bertz CT molecular complexity index is 714. The zero-order valence-corrected chi connectivity index (χ0v) is 15.9. The molecule has 8 heteroatoms. The highest BCUT2D eigenvalue weighted by molar-refractivity contribution is 7.89. The first-order valence-corrected chi connectivity index (χ1v) is 9.30. The van der Waals surface area contributed by atoms with Gasteiger partial charge >= 0.3 is 0 Å². The average molecular weight is 376 g/mol. The van der Waals surface area contributed by atoms with Crippen molar-refractivity contribution >= 4 is 28.3 Å². The minimum absolute atomic E-state index is 0. The Balaban J connectivity index is 0.00000288. The van der Waals surface area contributed by atoms with E-state index in [0.29, 0.717) is 17.7 Å². The molecule has 0 aliphatic carbocycles. The molecule has 0 spiro atoms. The third-order valence-electron chi connectivity index (χ3n) is 4.67. The lowest BCUT2D eigenvalue weighted by atomic mass is 9.81. The molecule has 1 heterocycles. The van der Waals surface area contributed by atoms with Gasteiger partial charge < -0.3 is 10.6 Å². The summed E-state index contributed by atoms with van der Waals surface area (Å²) in [6, 6.07) is 3.06. The van der Waals surface area contributed by atoms with Gasteiger partial charge in [0.2, 0.25) is 10.0 Å². The normalized spacial score (nSPS) is 17.0. The monoisotopic (exact) mass is 375 g/mol. The number of primary sulfonamides is 1.